The van der Waals surface area contributed by atoms with E-state index in [1.54, 1.807) is 0 Å². The average molecular weight is 177 g/mol. The van der Waals surface area contributed by atoms with Gasteiger partial charge in [0.2, 0.25) is 0 Å². The number of hydrogen-bond acceptors (Lipinski definition) is 2. The summed E-state index contributed by atoms with van der Waals surface area (Å²) in [5, 5.41) is 8.82. The molecule has 2 aliphatic carbocycles. The number of Topliss-reactive ketones (excluding diaryl/α,β-unsaturated/α-hetero) is 1. The third-order valence-corrected chi connectivity index (χ3v) is 3.56. The van der Waals surface area contributed by atoms with Gasteiger partial charge in [-0.15, -0.1) is 0 Å². The van der Waals surface area contributed by atoms with Gasteiger partial charge in [0, 0.05) is 12.3 Å². The Labute approximate surface area is 78.9 Å². The largest absolute Gasteiger partial charge is 0.299 e. The highest BCUT2D eigenvalue weighted by atomic mass is 16.1. The van der Waals surface area contributed by atoms with Gasteiger partial charge >= 0.3 is 0 Å². The summed E-state index contributed by atoms with van der Waals surface area (Å²) in [6, 6.07) is 2.31. The number of hydrogen-bond donors (Lipinski definition) is 0. The minimum absolute atomic E-state index is 0.133. The van der Waals surface area contributed by atoms with Gasteiger partial charge in [-0.1, -0.05) is 13.8 Å². The predicted molar refractivity (Wildman–Crippen MR) is 48.7 cm³/mol. The van der Waals surface area contributed by atoms with Gasteiger partial charge in [0.15, 0.2) is 0 Å². The van der Waals surface area contributed by atoms with Crippen molar-refractivity contribution in [2.45, 2.75) is 33.1 Å². The highest BCUT2D eigenvalue weighted by Gasteiger charge is 2.51. The first kappa shape index (κ1) is 8.74. The molecule has 0 amide bonds. The van der Waals surface area contributed by atoms with Crippen LogP contribution in [0.1, 0.15) is 33.1 Å². The van der Waals surface area contributed by atoms with Crippen LogP contribution in [0.4, 0.5) is 0 Å². The number of fused-ring (bicyclic) bond motifs is 1. The maximum absolute atomic E-state index is 11.6. The quantitative estimate of drug-likeness (QED) is 0.569. The second-order valence-corrected chi connectivity index (χ2v) is 5.25. The molecule has 2 fully saturated rings. The van der Waals surface area contributed by atoms with E-state index in [1.807, 2.05) is 0 Å². The van der Waals surface area contributed by atoms with Crippen molar-refractivity contribution in [2.75, 3.05) is 0 Å². The second-order valence-electron chi connectivity index (χ2n) is 5.25. The normalized spacial score (nSPS) is 41.6. The van der Waals surface area contributed by atoms with E-state index < -0.39 is 0 Å². The summed E-state index contributed by atoms with van der Waals surface area (Å²) >= 11 is 0. The molecular formula is C11H15NO. The first-order valence-electron chi connectivity index (χ1n) is 4.96. The van der Waals surface area contributed by atoms with Crippen molar-refractivity contribution in [3.8, 4) is 6.07 Å². The fourth-order valence-corrected chi connectivity index (χ4v) is 2.82. The van der Waals surface area contributed by atoms with Crippen LogP contribution in [0.3, 0.4) is 0 Å². The molecule has 2 heteroatoms. The first-order valence-corrected chi connectivity index (χ1v) is 4.96. The molecular weight excluding hydrogens is 162 g/mol. The van der Waals surface area contributed by atoms with Crippen molar-refractivity contribution < 1.29 is 4.79 Å². The Morgan fingerprint density at radius 2 is 2.23 bits per heavy atom. The lowest BCUT2D eigenvalue weighted by Gasteiger charge is -2.48. The summed E-state index contributed by atoms with van der Waals surface area (Å²) < 4.78 is 0. The third-order valence-electron chi connectivity index (χ3n) is 3.56. The number of nitrogens with zero attached hydrogens (tertiary/aromatic N) is 1. The average Bonchev–Trinajstić information content (AvgIpc) is 1.96. The van der Waals surface area contributed by atoms with E-state index in [9.17, 15) is 4.79 Å². The molecule has 13 heavy (non-hydrogen) atoms. The molecule has 2 saturated carbocycles. The predicted octanol–water partition coefficient (Wildman–Crippen LogP) is 2.15. The lowest BCUT2D eigenvalue weighted by Crippen LogP contribution is -2.48. The number of carbonyl (C=O) groups is 1. The van der Waals surface area contributed by atoms with Crippen LogP contribution in [0.5, 0.6) is 0 Å². The maximum atomic E-state index is 11.6. The molecule has 3 atom stereocenters. The number of rotatable bonds is 0. The van der Waals surface area contributed by atoms with E-state index in [4.69, 9.17) is 5.26 Å². The Hall–Kier alpha value is -0.840. The summed E-state index contributed by atoms with van der Waals surface area (Å²) in [6.45, 7) is 4.27. The molecule has 2 rings (SSSR count). The second kappa shape index (κ2) is 2.57. The SMILES string of the molecule is CC1(C)CC(=O)[C@@H]2C[C@@H](C#N)[C@@H]2C1. The first-order chi connectivity index (χ1) is 6.03. The van der Waals surface area contributed by atoms with Gasteiger partial charge in [0.25, 0.3) is 0 Å². The summed E-state index contributed by atoms with van der Waals surface area (Å²) in [7, 11) is 0. The Bertz CT molecular complexity index is 287. The Kier molecular flexibility index (Phi) is 1.73. The van der Waals surface area contributed by atoms with Crippen LogP contribution in [0, 0.1) is 34.5 Å². The Balaban J connectivity index is 2.14. The van der Waals surface area contributed by atoms with Crippen LogP contribution in [0.25, 0.3) is 0 Å². The fourth-order valence-electron chi connectivity index (χ4n) is 2.82. The minimum atomic E-state index is 0.133. The zero-order valence-corrected chi connectivity index (χ0v) is 8.21. The van der Waals surface area contributed by atoms with Crippen molar-refractivity contribution in [2.24, 2.45) is 23.2 Å². The van der Waals surface area contributed by atoms with Gasteiger partial charge in [-0.3, -0.25) is 4.79 Å². The van der Waals surface area contributed by atoms with Crippen molar-refractivity contribution in [3.63, 3.8) is 0 Å². The molecule has 0 aliphatic heterocycles. The lowest BCUT2D eigenvalue weighted by molar-refractivity contribution is -0.139. The molecule has 0 aromatic heterocycles. The van der Waals surface area contributed by atoms with Crippen molar-refractivity contribution >= 4 is 5.78 Å². The highest BCUT2D eigenvalue weighted by Crippen LogP contribution is 2.52. The molecule has 2 aliphatic rings. The van der Waals surface area contributed by atoms with Crippen molar-refractivity contribution in [1.82, 2.24) is 0 Å². The van der Waals surface area contributed by atoms with E-state index in [2.05, 4.69) is 19.9 Å². The summed E-state index contributed by atoms with van der Waals surface area (Å²) in [4.78, 5) is 11.6. The van der Waals surface area contributed by atoms with Crippen LogP contribution in [-0.2, 0) is 4.79 Å². The molecule has 70 valence electrons. The van der Waals surface area contributed by atoms with Gasteiger partial charge in [-0.2, -0.15) is 5.26 Å². The molecule has 0 saturated heterocycles. The molecule has 0 spiro atoms. The third kappa shape index (κ3) is 1.27. The summed E-state index contributed by atoms with van der Waals surface area (Å²) in [6.07, 6.45) is 2.60. The fraction of sp³-hybridized carbons (Fsp3) is 0.818. The zero-order chi connectivity index (χ0) is 9.64. The van der Waals surface area contributed by atoms with Crippen molar-refractivity contribution in [3.05, 3.63) is 0 Å². The Morgan fingerprint density at radius 1 is 1.54 bits per heavy atom. The van der Waals surface area contributed by atoms with Crippen LogP contribution in [0.2, 0.25) is 0 Å². The molecule has 0 aromatic carbocycles. The molecule has 2 nitrogen and oxygen atoms in total. The molecule has 0 aromatic rings. The molecule has 0 unspecified atom stereocenters. The monoisotopic (exact) mass is 177 g/mol. The standard InChI is InChI=1S/C11H15NO/c1-11(2)4-9-7(6-12)3-8(9)10(13)5-11/h7-9H,3-5H2,1-2H3/t7-,8+,9-/m0/s1. The summed E-state index contributed by atoms with van der Waals surface area (Å²) in [5.74, 6) is 1.17. The lowest BCUT2D eigenvalue weighted by atomic mass is 9.53. The van der Waals surface area contributed by atoms with Crippen LogP contribution in [-0.4, -0.2) is 5.78 Å². The summed E-state index contributed by atoms with van der Waals surface area (Å²) in [5.41, 5.74) is 0.133. The van der Waals surface area contributed by atoms with Gasteiger partial charge in [-0.05, 0) is 24.2 Å². The van der Waals surface area contributed by atoms with Gasteiger partial charge in [0.05, 0.1) is 12.0 Å². The Morgan fingerprint density at radius 3 is 2.85 bits per heavy atom. The van der Waals surface area contributed by atoms with Crippen LogP contribution in [0.15, 0.2) is 0 Å². The van der Waals surface area contributed by atoms with Crippen molar-refractivity contribution in [1.29, 1.82) is 5.26 Å². The van der Waals surface area contributed by atoms with E-state index in [-0.39, 0.29) is 17.3 Å². The molecule has 0 heterocycles. The highest BCUT2D eigenvalue weighted by molar-refractivity contribution is 5.84. The van der Waals surface area contributed by atoms with E-state index in [0.717, 1.165) is 12.8 Å². The van der Waals surface area contributed by atoms with Gasteiger partial charge < -0.3 is 0 Å². The van der Waals surface area contributed by atoms with E-state index in [0.29, 0.717) is 18.1 Å². The minimum Gasteiger partial charge on any atom is -0.299 e. The van der Waals surface area contributed by atoms with Crippen LogP contribution >= 0.6 is 0 Å². The number of carbonyl (C=O) groups excluding carboxylic acids is 1. The number of ketones is 1. The van der Waals surface area contributed by atoms with Gasteiger partial charge in [0.1, 0.15) is 5.78 Å². The van der Waals surface area contributed by atoms with E-state index in [1.165, 1.54) is 0 Å². The molecule has 0 N–H and O–H groups in total. The molecule has 0 bridgehead atoms. The van der Waals surface area contributed by atoms with Crippen LogP contribution < -0.4 is 0 Å². The number of nitriles is 1. The maximum Gasteiger partial charge on any atom is 0.136 e. The van der Waals surface area contributed by atoms with Gasteiger partial charge in [-0.25, -0.2) is 0 Å². The molecule has 0 radical (unpaired) electrons. The topological polar surface area (TPSA) is 40.9 Å². The smallest absolute Gasteiger partial charge is 0.136 e. The van der Waals surface area contributed by atoms with E-state index >= 15 is 0 Å². The zero-order valence-electron chi connectivity index (χ0n) is 8.21.